The number of fused-ring (bicyclic) bond motifs is 1. The van der Waals surface area contributed by atoms with E-state index in [1.807, 2.05) is 11.9 Å². The van der Waals surface area contributed by atoms with E-state index in [9.17, 15) is 9.90 Å². The molecule has 1 N–H and O–H groups in total. The lowest BCUT2D eigenvalue weighted by molar-refractivity contribution is -0.143. The van der Waals surface area contributed by atoms with Crippen LogP contribution in [-0.2, 0) is 4.79 Å². The number of piperazine rings is 1. The number of likely N-dealkylation sites (N-methyl/N-ethyl adjacent to an activating group) is 1. The summed E-state index contributed by atoms with van der Waals surface area (Å²) in [5.74, 6) is 0.670. The molecule has 0 aliphatic carbocycles. The van der Waals surface area contributed by atoms with Crippen LogP contribution in [-0.4, -0.2) is 58.9 Å². The fourth-order valence-electron chi connectivity index (χ4n) is 3.67. The SMILES string of the molecule is CCC1=N[C@@H](C(C)(C)C)C(C(C)C)=C2CN(C)C(C(=O)O)CN12. The van der Waals surface area contributed by atoms with Crippen LogP contribution in [0.2, 0.25) is 0 Å². The summed E-state index contributed by atoms with van der Waals surface area (Å²) in [5, 5.41) is 9.49. The van der Waals surface area contributed by atoms with Gasteiger partial charge in [-0.1, -0.05) is 41.5 Å². The third kappa shape index (κ3) is 3.30. The lowest BCUT2D eigenvalue weighted by atomic mass is 9.76. The molecule has 0 aromatic rings. The Morgan fingerprint density at radius 2 is 2.00 bits per heavy atom. The molecule has 2 atom stereocenters. The summed E-state index contributed by atoms with van der Waals surface area (Å²) in [7, 11) is 1.91. The molecule has 0 saturated carbocycles. The zero-order chi connectivity index (χ0) is 17.5. The highest BCUT2D eigenvalue weighted by atomic mass is 16.4. The van der Waals surface area contributed by atoms with Crippen LogP contribution in [0.5, 0.6) is 0 Å². The summed E-state index contributed by atoms with van der Waals surface area (Å²) < 4.78 is 0. The Kier molecular flexibility index (Phi) is 4.90. The molecule has 5 heteroatoms. The summed E-state index contributed by atoms with van der Waals surface area (Å²) in [4.78, 5) is 20.7. The molecule has 0 radical (unpaired) electrons. The zero-order valence-electron chi connectivity index (χ0n) is 15.6. The van der Waals surface area contributed by atoms with Crippen LogP contribution < -0.4 is 0 Å². The number of amidine groups is 1. The van der Waals surface area contributed by atoms with Gasteiger partial charge in [0.05, 0.1) is 12.6 Å². The number of carboxylic acid groups (broad SMARTS) is 1. The van der Waals surface area contributed by atoms with Gasteiger partial charge in [0.15, 0.2) is 0 Å². The van der Waals surface area contributed by atoms with Gasteiger partial charge in [0.1, 0.15) is 11.9 Å². The quantitative estimate of drug-likeness (QED) is 0.868. The van der Waals surface area contributed by atoms with Crippen molar-refractivity contribution in [1.82, 2.24) is 9.80 Å². The van der Waals surface area contributed by atoms with Crippen LogP contribution in [0.25, 0.3) is 0 Å². The van der Waals surface area contributed by atoms with E-state index >= 15 is 0 Å². The Morgan fingerprint density at radius 3 is 2.43 bits per heavy atom. The molecule has 0 aromatic carbocycles. The van der Waals surface area contributed by atoms with E-state index < -0.39 is 12.0 Å². The van der Waals surface area contributed by atoms with Crippen LogP contribution in [0.15, 0.2) is 16.3 Å². The summed E-state index contributed by atoms with van der Waals surface area (Å²) in [5.41, 5.74) is 2.69. The molecule has 130 valence electrons. The number of nitrogens with zero attached hydrogens (tertiary/aromatic N) is 3. The van der Waals surface area contributed by atoms with E-state index in [2.05, 4.69) is 46.4 Å². The normalized spacial score (nSPS) is 26.4. The fourth-order valence-corrected chi connectivity index (χ4v) is 3.67. The van der Waals surface area contributed by atoms with Gasteiger partial charge in [-0.25, -0.2) is 0 Å². The van der Waals surface area contributed by atoms with Crippen LogP contribution in [0.3, 0.4) is 0 Å². The highest BCUT2D eigenvalue weighted by Crippen LogP contribution is 2.39. The molecule has 1 fully saturated rings. The first-order chi connectivity index (χ1) is 10.6. The summed E-state index contributed by atoms with van der Waals surface area (Å²) in [6, 6.07) is -0.312. The molecule has 2 heterocycles. The van der Waals surface area contributed by atoms with E-state index in [0.29, 0.717) is 19.0 Å². The van der Waals surface area contributed by atoms with Crippen LogP contribution >= 0.6 is 0 Å². The summed E-state index contributed by atoms with van der Waals surface area (Å²) >= 11 is 0. The van der Waals surface area contributed by atoms with Crippen LogP contribution in [0.4, 0.5) is 0 Å². The first-order valence-corrected chi connectivity index (χ1v) is 8.58. The topological polar surface area (TPSA) is 56.1 Å². The molecular formula is C18H31N3O2. The predicted molar refractivity (Wildman–Crippen MR) is 93.6 cm³/mol. The predicted octanol–water partition coefficient (Wildman–Crippen LogP) is 2.83. The fraction of sp³-hybridized carbons (Fsp3) is 0.778. The van der Waals surface area contributed by atoms with Gasteiger partial charge in [-0.2, -0.15) is 0 Å². The van der Waals surface area contributed by atoms with Crippen molar-refractivity contribution in [2.24, 2.45) is 16.3 Å². The smallest absolute Gasteiger partial charge is 0.322 e. The number of aliphatic carboxylic acids is 1. The molecule has 2 aliphatic rings. The number of carbonyl (C=O) groups is 1. The highest BCUT2D eigenvalue weighted by molar-refractivity contribution is 5.87. The number of aliphatic imine (C=N–C) groups is 1. The molecule has 5 nitrogen and oxygen atoms in total. The van der Waals surface area contributed by atoms with Gasteiger partial charge in [-0.15, -0.1) is 0 Å². The molecule has 1 saturated heterocycles. The molecule has 1 unspecified atom stereocenters. The Bertz CT molecular complexity index is 543. The Balaban J connectivity index is 2.54. The number of carboxylic acids is 1. The first kappa shape index (κ1) is 18.0. The van der Waals surface area contributed by atoms with Crippen LogP contribution in [0, 0.1) is 11.3 Å². The minimum absolute atomic E-state index is 0.0569. The van der Waals surface area contributed by atoms with Crippen molar-refractivity contribution in [3.05, 3.63) is 11.3 Å². The molecule has 2 aliphatic heterocycles. The van der Waals surface area contributed by atoms with E-state index in [0.717, 1.165) is 12.3 Å². The van der Waals surface area contributed by atoms with Crippen molar-refractivity contribution in [3.8, 4) is 0 Å². The Labute approximate surface area is 140 Å². The van der Waals surface area contributed by atoms with Crippen molar-refractivity contribution in [2.45, 2.75) is 60.0 Å². The van der Waals surface area contributed by atoms with Gasteiger partial charge in [-0.3, -0.25) is 14.7 Å². The maximum Gasteiger partial charge on any atom is 0.322 e. The number of rotatable bonds is 3. The van der Waals surface area contributed by atoms with E-state index in [1.165, 1.54) is 11.3 Å². The summed E-state index contributed by atoms with van der Waals surface area (Å²) in [6.07, 6.45) is 0.831. The number of hydrogen-bond donors (Lipinski definition) is 1. The largest absolute Gasteiger partial charge is 0.480 e. The average Bonchev–Trinajstić information content (AvgIpc) is 2.42. The standard InChI is InChI=1S/C18H31N3O2/c1-8-14-19-16(18(4,5)6)15(11(2)3)12-9-20(7)13(17(22)23)10-21(12)14/h11,13,16H,8-10H2,1-7H3,(H,22,23)/t13?,16-/m1/s1. The highest BCUT2D eigenvalue weighted by Gasteiger charge is 2.42. The minimum Gasteiger partial charge on any atom is -0.480 e. The Hall–Kier alpha value is -1.36. The van der Waals surface area contributed by atoms with Crippen molar-refractivity contribution in [1.29, 1.82) is 0 Å². The third-order valence-corrected chi connectivity index (χ3v) is 4.87. The van der Waals surface area contributed by atoms with Gasteiger partial charge in [0, 0.05) is 18.7 Å². The van der Waals surface area contributed by atoms with E-state index in [1.54, 1.807) is 0 Å². The zero-order valence-corrected chi connectivity index (χ0v) is 15.6. The summed E-state index contributed by atoms with van der Waals surface area (Å²) in [6.45, 7) is 14.4. The van der Waals surface area contributed by atoms with Gasteiger partial charge < -0.3 is 10.0 Å². The van der Waals surface area contributed by atoms with Gasteiger partial charge in [0.25, 0.3) is 0 Å². The van der Waals surface area contributed by atoms with Crippen molar-refractivity contribution in [2.75, 3.05) is 20.1 Å². The average molecular weight is 321 g/mol. The van der Waals surface area contributed by atoms with Crippen molar-refractivity contribution >= 4 is 11.8 Å². The molecule has 0 aromatic heterocycles. The Morgan fingerprint density at radius 1 is 1.39 bits per heavy atom. The van der Waals surface area contributed by atoms with E-state index in [4.69, 9.17) is 4.99 Å². The van der Waals surface area contributed by atoms with Crippen molar-refractivity contribution < 1.29 is 9.90 Å². The van der Waals surface area contributed by atoms with Crippen molar-refractivity contribution in [3.63, 3.8) is 0 Å². The van der Waals surface area contributed by atoms with E-state index in [-0.39, 0.29) is 11.5 Å². The molecule has 0 spiro atoms. The molecule has 0 amide bonds. The van der Waals surface area contributed by atoms with Gasteiger partial charge >= 0.3 is 5.97 Å². The minimum atomic E-state index is -0.758. The maximum atomic E-state index is 11.5. The lowest BCUT2D eigenvalue weighted by Gasteiger charge is -2.48. The first-order valence-electron chi connectivity index (χ1n) is 8.58. The lowest BCUT2D eigenvalue weighted by Crippen LogP contribution is -2.57. The van der Waals surface area contributed by atoms with Gasteiger partial charge in [0.2, 0.25) is 0 Å². The van der Waals surface area contributed by atoms with Gasteiger partial charge in [-0.05, 0) is 24.0 Å². The third-order valence-electron chi connectivity index (χ3n) is 4.87. The maximum absolute atomic E-state index is 11.5. The second-order valence-corrected chi connectivity index (χ2v) is 8.10. The molecule has 23 heavy (non-hydrogen) atoms. The van der Waals surface area contributed by atoms with Crippen LogP contribution in [0.1, 0.15) is 48.0 Å². The molecule has 0 bridgehead atoms. The monoisotopic (exact) mass is 321 g/mol. The number of hydrogen-bond acceptors (Lipinski definition) is 4. The molecule has 2 rings (SSSR count). The molecular weight excluding hydrogens is 290 g/mol. The second kappa shape index (κ2) is 6.27. The second-order valence-electron chi connectivity index (χ2n) is 8.10.